The minimum Gasteiger partial charge on any atom is -0.508 e. The molecule has 0 amide bonds. The van der Waals surface area contributed by atoms with Crippen LogP contribution in [0.15, 0.2) is 48.7 Å². The van der Waals surface area contributed by atoms with Gasteiger partial charge >= 0.3 is 0 Å². The summed E-state index contributed by atoms with van der Waals surface area (Å²) in [5.41, 5.74) is 1.63. The maximum Gasteiger partial charge on any atom is 0.115 e. The molecule has 1 unspecified atom stereocenters. The van der Waals surface area contributed by atoms with Gasteiger partial charge < -0.3 is 15.5 Å². The van der Waals surface area contributed by atoms with Crippen molar-refractivity contribution in [3.05, 3.63) is 59.9 Å². The summed E-state index contributed by atoms with van der Waals surface area (Å²) in [6.07, 6.45) is 1.10. The first kappa shape index (κ1) is 12.5. The van der Waals surface area contributed by atoms with E-state index in [1.807, 2.05) is 18.2 Å². The fourth-order valence-electron chi connectivity index (χ4n) is 1.69. The van der Waals surface area contributed by atoms with Gasteiger partial charge in [-0.15, -0.1) is 0 Å². The predicted octanol–water partition coefficient (Wildman–Crippen LogP) is 1.61. The van der Waals surface area contributed by atoms with E-state index in [0.29, 0.717) is 18.7 Å². The van der Waals surface area contributed by atoms with Crippen LogP contribution in [-0.4, -0.2) is 21.7 Å². The van der Waals surface area contributed by atoms with Gasteiger partial charge in [-0.05, 0) is 29.8 Å². The molecule has 0 spiro atoms. The van der Waals surface area contributed by atoms with Crippen molar-refractivity contribution in [1.29, 1.82) is 0 Å². The van der Waals surface area contributed by atoms with Crippen LogP contribution < -0.4 is 5.32 Å². The minimum atomic E-state index is -0.638. The molecule has 1 aromatic carbocycles. The van der Waals surface area contributed by atoms with Crippen molar-refractivity contribution in [3.8, 4) is 5.75 Å². The molecule has 1 aromatic heterocycles. The first-order valence-electron chi connectivity index (χ1n) is 5.83. The molecule has 0 aliphatic rings. The second-order valence-corrected chi connectivity index (χ2v) is 4.06. The van der Waals surface area contributed by atoms with Crippen LogP contribution in [0.1, 0.15) is 17.4 Å². The van der Waals surface area contributed by atoms with E-state index in [1.54, 1.807) is 30.5 Å². The molecular formula is C14H16N2O2. The lowest BCUT2D eigenvalue weighted by atomic mass is 10.1. The molecule has 0 aliphatic heterocycles. The molecule has 3 N–H and O–H groups in total. The Morgan fingerprint density at radius 1 is 1.17 bits per heavy atom. The smallest absolute Gasteiger partial charge is 0.115 e. The number of aliphatic hydroxyl groups is 1. The third-order valence-corrected chi connectivity index (χ3v) is 2.62. The summed E-state index contributed by atoms with van der Waals surface area (Å²) in [6, 6.07) is 12.4. The van der Waals surface area contributed by atoms with Gasteiger partial charge in [0.2, 0.25) is 0 Å². The average Bonchev–Trinajstić information content (AvgIpc) is 2.40. The molecule has 4 nitrogen and oxygen atoms in total. The number of rotatable bonds is 5. The van der Waals surface area contributed by atoms with Crippen LogP contribution in [0, 0.1) is 0 Å². The summed E-state index contributed by atoms with van der Waals surface area (Å²) in [5, 5.41) is 22.4. The number of aliphatic hydroxyl groups excluding tert-OH is 1. The number of hydrogen-bond donors (Lipinski definition) is 3. The van der Waals surface area contributed by atoms with Gasteiger partial charge in [-0.3, -0.25) is 4.98 Å². The fourth-order valence-corrected chi connectivity index (χ4v) is 1.69. The van der Waals surface area contributed by atoms with E-state index in [0.717, 1.165) is 5.69 Å². The molecule has 18 heavy (non-hydrogen) atoms. The predicted molar refractivity (Wildman–Crippen MR) is 69.0 cm³/mol. The first-order valence-corrected chi connectivity index (χ1v) is 5.83. The Morgan fingerprint density at radius 3 is 2.78 bits per heavy atom. The molecule has 94 valence electrons. The highest BCUT2D eigenvalue weighted by molar-refractivity contribution is 5.28. The highest BCUT2D eigenvalue weighted by atomic mass is 16.3. The van der Waals surface area contributed by atoms with Gasteiger partial charge in [0.15, 0.2) is 0 Å². The van der Waals surface area contributed by atoms with Crippen LogP contribution in [0.2, 0.25) is 0 Å². The van der Waals surface area contributed by atoms with Crippen molar-refractivity contribution in [2.24, 2.45) is 0 Å². The molecule has 0 saturated heterocycles. The lowest BCUT2D eigenvalue weighted by molar-refractivity contribution is 0.174. The van der Waals surface area contributed by atoms with Gasteiger partial charge in [-0.25, -0.2) is 0 Å². The van der Waals surface area contributed by atoms with Crippen molar-refractivity contribution in [2.75, 3.05) is 6.54 Å². The largest absolute Gasteiger partial charge is 0.508 e. The summed E-state index contributed by atoms with van der Waals surface area (Å²) in [7, 11) is 0. The lowest BCUT2D eigenvalue weighted by Crippen LogP contribution is -2.21. The highest BCUT2D eigenvalue weighted by Crippen LogP contribution is 2.17. The molecule has 4 heteroatoms. The normalized spacial score (nSPS) is 12.3. The summed E-state index contributed by atoms with van der Waals surface area (Å²) in [5.74, 6) is 0.163. The second-order valence-electron chi connectivity index (χ2n) is 4.06. The minimum absolute atomic E-state index is 0.163. The number of nitrogens with zero attached hydrogens (tertiary/aromatic N) is 1. The summed E-state index contributed by atoms with van der Waals surface area (Å²) < 4.78 is 0. The first-order chi connectivity index (χ1) is 8.75. The second kappa shape index (κ2) is 6.14. The van der Waals surface area contributed by atoms with Gasteiger partial charge in [0, 0.05) is 19.3 Å². The van der Waals surface area contributed by atoms with E-state index in [9.17, 15) is 10.2 Å². The van der Waals surface area contributed by atoms with Gasteiger partial charge in [-0.2, -0.15) is 0 Å². The number of phenols is 1. The molecule has 2 rings (SSSR count). The fraction of sp³-hybridized carbons (Fsp3) is 0.214. The Balaban J connectivity index is 1.83. The lowest BCUT2D eigenvalue weighted by Gasteiger charge is -2.12. The monoisotopic (exact) mass is 244 g/mol. The standard InChI is InChI=1S/C14H16N2O2/c17-13-6-3-4-11(8-13)14(18)10-15-9-12-5-1-2-7-16-12/h1-8,14-15,17-18H,9-10H2. The van der Waals surface area contributed by atoms with Crippen LogP contribution in [0.25, 0.3) is 0 Å². The van der Waals surface area contributed by atoms with Crippen molar-refractivity contribution in [2.45, 2.75) is 12.6 Å². The molecule has 0 aliphatic carbocycles. The van der Waals surface area contributed by atoms with Gasteiger partial charge in [0.1, 0.15) is 5.75 Å². The van der Waals surface area contributed by atoms with Crippen LogP contribution in [0.5, 0.6) is 5.75 Å². The maximum atomic E-state index is 9.93. The Hall–Kier alpha value is -1.91. The number of hydrogen-bond acceptors (Lipinski definition) is 4. The molecule has 1 heterocycles. The van der Waals surface area contributed by atoms with Crippen LogP contribution in [-0.2, 0) is 6.54 Å². The number of pyridine rings is 1. The Kier molecular flexibility index (Phi) is 4.28. The average molecular weight is 244 g/mol. The van der Waals surface area contributed by atoms with Crippen LogP contribution in [0.4, 0.5) is 0 Å². The molecule has 0 fully saturated rings. The SMILES string of the molecule is Oc1cccc(C(O)CNCc2ccccn2)c1. The van der Waals surface area contributed by atoms with E-state index in [-0.39, 0.29) is 5.75 Å². The number of aromatic hydroxyl groups is 1. The Bertz CT molecular complexity index is 488. The molecule has 0 saturated carbocycles. The zero-order valence-electron chi connectivity index (χ0n) is 9.95. The number of phenolic OH excluding ortho intramolecular Hbond substituents is 1. The third-order valence-electron chi connectivity index (χ3n) is 2.62. The van der Waals surface area contributed by atoms with E-state index >= 15 is 0 Å². The number of aromatic nitrogens is 1. The zero-order chi connectivity index (χ0) is 12.8. The topological polar surface area (TPSA) is 65.4 Å². The molecule has 0 radical (unpaired) electrons. The quantitative estimate of drug-likeness (QED) is 0.747. The van der Waals surface area contributed by atoms with E-state index < -0.39 is 6.10 Å². The molecular weight excluding hydrogens is 228 g/mol. The third kappa shape index (κ3) is 3.55. The maximum absolute atomic E-state index is 9.93. The Morgan fingerprint density at radius 2 is 2.06 bits per heavy atom. The van der Waals surface area contributed by atoms with Crippen molar-refractivity contribution >= 4 is 0 Å². The molecule has 0 bridgehead atoms. The van der Waals surface area contributed by atoms with Crippen molar-refractivity contribution in [3.63, 3.8) is 0 Å². The van der Waals surface area contributed by atoms with Crippen LogP contribution in [0.3, 0.4) is 0 Å². The van der Waals surface area contributed by atoms with Crippen molar-refractivity contribution in [1.82, 2.24) is 10.3 Å². The van der Waals surface area contributed by atoms with E-state index in [4.69, 9.17) is 0 Å². The summed E-state index contributed by atoms with van der Waals surface area (Å²) in [6.45, 7) is 1.02. The van der Waals surface area contributed by atoms with Crippen LogP contribution >= 0.6 is 0 Å². The Labute approximate surface area is 106 Å². The summed E-state index contributed by atoms with van der Waals surface area (Å²) in [4.78, 5) is 4.18. The molecule has 1 atom stereocenters. The van der Waals surface area contributed by atoms with Gasteiger partial charge in [0.25, 0.3) is 0 Å². The van der Waals surface area contributed by atoms with Crippen molar-refractivity contribution < 1.29 is 10.2 Å². The molecule has 2 aromatic rings. The highest BCUT2D eigenvalue weighted by Gasteiger charge is 2.07. The number of nitrogens with one attached hydrogen (secondary N) is 1. The van der Waals surface area contributed by atoms with Gasteiger partial charge in [0.05, 0.1) is 11.8 Å². The zero-order valence-corrected chi connectivity index (χ0v) is 9.95. The summed E-state index contributed by atoms with van der Waals surface area (Å²) >= 11 is 0. The number of benzene rings is 1. The van der Waals surface area contributed by atoms with E-state index in [1.165, 1.54) is 0 Å². The van der Waals surface area contributed by atoms with Gasteiger partial charge in [-0.1, -0.05) is 18.2 Å². The van der Waals surface area contributed by atoms with E-state index in [2.05, 4.69) is 10.3 Å².